The minimum absolute atomic E-state index is 0.244. The summed E-state index contributed by atoms with van der Waals surface area (Å²) in [5, 5.41) is 3.72. The SMILES string of the molecule is C[C@@H](c1cccc(CN2CC[C@@]3(C[C@@H]2C)C(NC2CCCCC2)=NC(=O)N3c2cccc(F)c2)c1)C1CC1. The van der Waals surface area contributed by atoms with Gasteiger partial charge in [-0.1, -0.05) is 56.5 Å². The van der Waals surface area contributed by atoms with Gasteiger partial charge in [-0.3, -0.25) is 9.80 Å². The number of amides is 2. The summed E-state index contributed by atoms with van der Waals surface area (Å²) in [5.74, 6) is 1.95. The molecule has 4 aliphatic rings. The summed E-state index contributed by atoms with van der Waals surface area (Å²) in [5.41, 5.74) is 2.84. The van der Waals surface area contributed by atoms with Gasteiger partial charge in [0.2, 0.25) is 0 Å². The van der Waals surface area contributed by atoms with Gasteiger partial charge >= 0.3 is 6.03 Å². The minimum atomic E-state index is -0.569. The van der Waals surface area contributed by atoms with E-state index >= 15 is 0 Å². The van der Waals surface area contributed by atoms with Gasteiger partial charge in [0.25, 0.3) is 0 Å². The molecule has 2 aromatic carbocycles. The third kappa shape index (κ3) is 5.00. The fourth-order valence-corrected chi connectivity index (χ4v) is 7.12. The summed E-state index contributed by atoms with van der Waals surface area (Å²) in [6.07, 6.45) is 10.2. The number of carbonyl (C=O) groups is 1. The number of rotatable bonds is 6. The third-order valence-electron chi connectivity index (χ3n) is 9.54. The molecule has 2 saturated carbocycles. The van der Waals surface area contributed by atoms with E-state index in [0.717, 1.165) is 50.5 Å². The van der Waals surface area contributed by atoms with Gasteiger partial charge in [-0.05, 0) is 86.6 Å². The number of hydrogen-bond donors (Lipinski definition) is 1. The first-order valence-electron chi connectivity index (χ1n) is 14.7. The van der Waals surface area contributed by atoms with E-state index in [1.54, 1.807) is 11.0 Å². The Bertz CT molecular complexity index is 1200. The van der Waals surface area contributed by atoms with Crippen LogP contribution in [0.25, 0.3) is 0 Å². The van der Waals surface area contributed by atoms with Gasteiger partial charge in [0.1, 0.15) is 17.2 Å². The maximum Gasteiger partial charge on any atom is 0.350 e. The number of carbonyl (C=O) groups excluding carboxylic acids is 1. The number of likely N-dealkylation sites (tertiary alicyclic amines) is 1. The van der Waals surface area contributed by atoms with Crippen molar-refractivity contribution in [1.82, 2.24) is 10.2 Å². The van der Waals surface area contributed by atoms with Crippen molar-refractivity contribution in [2.45, 2.75) is 102 Å². The quantitative estimate of drug-likeness (QED) is 0.449. The van der Waals surface area contributed by atoms with Crippen LogP contribution in [0.5, 0.6) is 0 Å². The van der Waals surface area contributed by atoms with Crippen LogP contribution in [0.1, 0.15) is 88.7 Å². The van der Waals surface area contributed by atoms with Crippen molar-refractivity contribution in [2.75, 3.05) is 11.4 Å². The van der Waals surface area contributed by atoms with Gasteiger partial charge in [-0.2, -0.15) is 4.99 Å². The Labute approximate surface area is 226 Å². The molecule has 0 bridgehead atoms. The molecular formula is C32H41FN4O. The number of aliphatic imine (C=N–C) groups is 1. The topological polar surface area (TPSA) is 47.9 Å². The van der Waals surface area contributed by atoms with Crippen molar-refractivity contribution in [1.29, 1.82) is 0 Å². The number of anilines is 1. The largest absolute Gasteiger partial charge is 0.369 e. The standard InChI is InChI=1S/C32H41FN4O/c1-22-20-32(16-17-36(22)21-24-8-6-9-26(18-24)23(2)25-14-15-25)30(34-28-11-4-3-5-12-28)35-31(38)37(32)29-13-7-10-27(33)19-29/h6-10,13,18-19,22-23,25,28H,3-5,11-12,14-17,20-21H2,1-2H3,(H,34,35,38)/t22-,23+,32+/m0/s1. The lowest BCUT2D eigenvalue weighted by molar-refractivity contribution is 0.122. The summed E-state index contributed by atoms with van der Waals surface area (Å²) in [6.45, 7) is 6.39. The van der Waals surface area contributed by atoms with E-state index < -0.39 is 5.54 Å². The summed E-state index contributed by atoms with van der Waals surface area (Å²) in [7, 11) is 0. The first kappa shape index (κ1) is 25.5. The zero-order valence-corrected chi connectivity index (χ0v) is 22.8. The molecule has 2 heterocycles. The minimum Gasteiger partial charge on any atom is -0.369 e. The molecule has 0 aromatic heterocycles. The second-order valence-corrected chi connectivity index (χ2v) is 12.2. The van der Waals surface area contributed by atoms with E-state index in [1.807, 2.05) is 6.07 Å². The van der Waals surface area contributed by atoms with Gasteiger partial charge in [0.15, 0.2) is 0 Å². The highest BCUT2D eigenvalue weighted by molar-refractivity contribution is 6.16. The highest BCUT2D eigenvalue weighted by atomic mass is 19.1. The van der Waals surface area contributed by atoms with E-state index in [2.05, 4.69) is 53.3 Å². The molecule has 38 heavy (non-hydrogen) atoms. The second kappa shape index (κ2) is 10.4. The number of halogens is 1. The van der Waals surface area contributed by atoms with Gasteiger partial charge in [0, 0.05) is 30.9 Å². The van der Waals surface area contributed by atoms with E-state index in [0.29, 0.717) is 17.6 Å². The molecule has 2 amide bonds. The Morgan fingerprint density at radius 1 is 1.08 bits per heavy atom. The molecule has 3 fully saturated rings. The molecule has 5 nitrogen and oxygen atoms in total. The lowest BCUT2D eigenvalue weighted by atomic mass is 9.80. The van der Waals surface area contributed by atoms with Crippen LogP contribution in [0, 0.1) is 11.7 Å². The molecule has 2 aliphatic carbocycles. The third-order valence-corrected chi connectivity index (χ3v) is 9.54. The Morgan fingerprint density at radius 3 is 2.61 bits per heavy atom. The first-order valence-corrected chi connectivity index (χ1v) is 14.7. The second-order valence-electron chi connectivity index (χ2n) is 12.2. The maximum absolute atomic E-state index is 14.3. The summed E-state index contributed by atoms with van der Waals surface area (Å²) in [4.78, 5) is 22.3. The van der Waals surface area contributed by atoms with E-state index in [1.165, 1.54) is 55.4 Å². The predicted molar refractivity (Wildman–Crippen MR) is 151 cm³/mol. The average Bonchev–Trinajstić information content (AvgIpc) is 3.73. The first-order chi connectivity index (χ1) is 18.4. The van der Waals surface area contributed by atoms with Crippen LogP contribution < -0.4 is 10.2 Å². The molecule has 6 rings (SSSR count). The summed E-state index contributed by atoms with van der Waals surface area (Å²) < 4.78 is 14.3. The lowest BCUT2D eigenvalue weighted by Gasteiger charge is -2.48. The number of benzene rings is 2. The van der Waals surface area contributed by atoms with Crippen molar-refractivity contribution in [2.24, 2.45) is 10.9 Å². The van der Waals surface area contributed by atoms with Crippen LogP contribution >= 0.6 is 0 Å². The molecule has 3 atom stereocenters. The lowest BCUT2D eigenvalue weighted by Crippen LogP contribution is -2.63. The Hall–Kier alpha value is -2.73. The highest BCUT2D eigenvalue weighted by Crippen LogP contribution is 2.43. The maximum atomic E-state index is 14.3. The number of nitrogens with one attached hydrogen (secondary N) is 1. The fraction of sp³-hybridized carbons (Fsp3) is 0.562. The van der Waals surface area contributed by atoms with Crippen LogP contribution in [0.4, 0.5) is 14.9 Å². The number of urea groups is 1. The molecule has 6 heteroatoms. The van der Waals surface area contributed by atoms with Crippen molar-refractivity contribution < 1.29 is 9.18 Å². The van der Waals surface area contributed by atoms with Crippen LogP contribution in [0.2, 0.25) is 0 Å². The zero-order chi connectivity index (χ0) is 26.3. The molecule has 1 saturated heterocycles. The molecule has 2 aromatic rings. The monoisotopic (exact) mass is 516 g/mol. The predicted octanol–water partition coefficient (Wildman–Crippen LogP) is 7.02. The van der Waals surface area contributed by atoms with Crippen LogP contribution in [-0.2, 0) is 6.54 Å². The molecule has 1 N–H and O–H groups in total. The Balaban J connectivity index is 1.24. The van der Waals surface area contributed by atoms with Gasteiger partial charge in [0.05, 0.1) is 0 Å². The zero-order valence-electron chi connectivity index (χ0n) is 22.8. The van der Waals surface area contributed by atoms with Gasteiger partial charge in [-0.25, -0.2) is 9.18 Å². The highest BCUT2D eigenvalue weighted by Gasteiger charge is 2.54. The fourth-order valence-electron chi connectivity index (χ4n) is 7.12. The van der Waals surface area contributed by atoms with Crippen LogP contribution in [-0.4, -0.2) is 40.9 Å². The molecule has 202 valence electrons. The molecule has 2 aliphatic heterocycles. The van der Waals surface area contributed by atoms with E-state index in [-0.39, 0.29) is 17.9 Å². The molecule has 0 radical (unpaired) electrons. The molecular weight excluding hydrogens is 475 g/mol. The smallest absolute Gasteiger partial charge is 0.350 e. The normalized spacial score (nSPS) is 27.6. The molecule has 0 unspecified atom stereocenters. The van der Waals surface area contributed by atoms with Crippen molar-refractivity contribution in [3.05, 3.63) is 65.5 Å². The molecule has 1 spiro atoms. The van der Waals surface area contributed by atoms with E-state index in [4.69, 9.17) is 0 Å². The van der Waals surface area contributed by atoms with Crippen molar-refractivity contribution in [3.8, 4) is 0 Å². The number of amidine groups is 1. The van der Waals surface area contributed by atoms with E-state index in [9.17, 15) is 9.18 Å². The number of nitrogens with zero attached hydrogens (tertiary/aromatic N) is 3. The summed E-state index contributed by atoms with van der Waals surface area (Å²) in [6, 6.07) is 15.9. The van der Waals surface area contributed by atoms with Gasteiger partial charge in [-0.15, -0.1) is 0 Å². The Morgan fingerprint density at radius 2 is 1.87 bits per heavy atom. The number of piperidine rings is 1. The van der Waals surface area contributed by atoms with Gasteiger partial charge < -0.3 is 5.32 Å². The average molecular weight is 517 g/mol. The Kier molecular flexibility index (Phi) is 7.02. The van der Waals surface area contributed by atoms with Crippen LogP contribution in [0.15, 0.2) is 53.5 Å². The number of hydrogen-bond acceptors (Lipinski definition) is 3. The van der Waals surface area contributed by atoms with Crippen LogP contribution in [0.3, 0.4) is 0 Å². The summed E-state index contributed by atoms with van der Waals surface area (Å²) >= 11 is 0. The van der Waals surface area contributed by atoms with Crippen molar-refractivity contribution >= 4 is 17.6 Å². The van der Waals surface area contributed by atoms with Crippen molar-refractivity contribution in [3.63, 3.8) is 0 Å².